The number of piperidine rings is 1. The summed E-state index contributed by atoms with van der Waals surface area (Å²) in [4.78, 5) is 2.51. The monoisotopic (exact) mass is 344 g/mol. The van der Waals surface area contributed by atoms with E-state index in [-0.39, 0.29) is 0 Å². The summed E-state index contributed by atoms with van der Waals surface area (Å²) in [5, 5.41) is 6.28. The van der Waals surface area contributed by atoms with Crippen molar-refractivity contribution in [2.24, 2.45) is 0 Å². The number of rotatable bonds is 5. The van der Waals surface area contributed by atoms with Crippen LogP contribution < -0.4 is 10.2 Å². The highest BCUT2D eigenvalue weighted by Gasteiger charge is 2.11. The molecule has 0 amide bonds. The second-order valence-corrected chi connectivity index (χ2v) is 7.42. The minimum absolute atomic E-state index is 0.335. The van der Waals surface area contributed by atoms with Gasteiger partial charge in [-0.05, 0) is 66.3 Å². The first-order valence-corrected chi connectivity index (χ1v) is 9.85. The van der Waals surface area contributed by atoms with E-state index in [1.807, 2.05) is 0 Å². The molecule has 1 unspecified atom stereocenters. The third kappa shape index (κ3) is 3.91. The molecule has 3 aromatic carbocycles. The van der Waals surface area contributed by atoms with E-state index < -0.39 is 0 Å². The summed E-state index contributed by atoms with van der Waals surface area (Å²) in [6, 6.07) is 24.7. The number of nitrogens with one attached hydrogen (secondary N) is 1. The van der Waals surface area contributed by atoms with Crippen molar-refractivity contribution in [2.75, 3.05) is 18.0 Å². The van der Waals surface area contributed by atoms with Crippen molar-refractivity contribution < 1.29 is 0 Å². The van der Waals surface area contributed by atoms with Crippen molar-refractivity contribution in [3.63, 3.8) is 0 Å². The van der Waals surface area contributed by atoms with Gasteiger partial charge in [0.1, 0.15) is 0 Å². The molecule has 1 heterocycles. The Balaban J connectivity index is 1.38. The molecule has 0 spiro atoms. The van der Waals surface area contributed by atoms with E-state index in [1.54, 1.807) is 0 Å². The molecule has 4 rings (SSSR count). The Kier molecular flexibility index (Phi) is 5.21. The minimum Gasteiger partial charge on any atom is -0.372 e. The summed E-state index contributed by atoms with van der Waals surface area (Å²) in [6.07, 6.45) is 4.03. The maximum absolute atomic E-state index is 3.67. The SMILES string of the molecule is CC(NCc1ccc(N2CCCCC2)cc1)c1ccc2ccccc2c1. The Morgan fingerprint density at radius 2 is 1.58 bits per heavy atom. The van der Waals surface area contributed by atoms with Crippen LogP contribution in [-0.2, 0) is 6.54 Å². The first-order valence-electron chi connectivity index (χ1n) is 9.85. The number of anilines is 1. The largest absolute Gasteiger partial charge is 0.372 e. The van der Waals surface area contributed by atoms with Gasteiger partial charge in [-0.3, -0.25) is 0 Å². The first-order chi connectivity index (χ1) is 12.8. The van der Waals surface area contributed by atoms with Gasteiger partial charge < -0.3 is 10.2 Å². The normalized spacial score (nSPS) is 16.0. The topological polar surface area (TPSA) is 15.3 Å². The van der Waals surface area contributed by atoms with Gasteiger partial charge in [0.15, 0.2) is 0 Å². The molecular formula is C24H28N2. The Labute approximate surface area is 156 Å². The van der Waals surface area contributed by atoms with Crippen LogP contribution in [0.3, 0.4) is 0 Å². The highest BCUT2D eigenvalue weighted by atomic mass is 15.1. The van der Waals surface area contributed by atoms with Gasteiger partial charge in [0.2, 0.25) is 0 Å². The zero-order valence-electron chi connectivity index (χ0n) is 15.6. The lowest BCUT2D eigenvalue weighted by atomic mass is 10.0. The Bertz CT molecular complexity index is 847. The van der Waals surface area contributed by atoms with Gasteiger partial charge in [-0.15, -0.1) is 0 Å². The van der Waals surface area contributed by atoms with E-state index in [4.69, 9.17) is 0 Å². The molecule has 1 fully saturated rings. The average Bonchev–Trinajstić information content (AvgIpc) is 2.72. The predicted octanol–water partition coefficient (Wildman–Crippen LogP) is 5.68. The maximum Gasteiger partial charge on any atom is 0.0366 e. The number of hydrogen-bond acceptors (Lipinski definition) is 2. The van der Waals surface area contributed by atoms with Gasteiger partial charge in [0, 0.05) is 31.4 Å². The molecule has 1 aliphatic heterocycles. The van der Waals surface area contributed by atoms with Gasteiger partial charge in [0.25, 0.3) is 0 Å². The zero-order chi connectivity index (χ0) is 17.8. The standard InChI is InChI=1S/C24H28N2/c1-19(22-12-11-21-7-3-4-8-23(21)17-22)25-18-20-9-13-24(14-10-20)26-15-5-2-6-16-26/h3-4,7-14,17,19,25H,2,5-6,15-16,18H2,1H3. The van der Waals surface area contributed by atoms with Crippen LogP contribution in [0.1, 0.15) is 43.4 Å². The molecule has 1 N–H and O–H groups in total. The second-order valence-electron chi connectivity index (χ2n) is 7.42. The van der Waals surface area contributed by atoms with Crippen LogP contribution in [0.15, 0.2) is 66.7 Å². The van der Waals surface area contributed by atoms with Crippen LogP contribution in [0.2, 0.25) is 0 Å². The van der Waals surface area contributed by atoms with Gasteiger partial charge in [0.05, 0.1) is 0 Å². The van der Waals surface area contributed by atoms with E-state index in [0.29, 0.717) is 6.04 Å². The lowest BCUT2D eigenvalue weighted by molar-refractivity contribution is 0.573. The Morgan fingerprint density at radius 3 is 2.35 bits per heavy atom. The minimum atomic E-state index is 0.335. The van der Waals surface area contributed by atoms with Crippen molar-refractivity contribution in [1.82, 2.24) is 5.32 Å². The fraction of sp³-hybridized carbons (Fsp3) is 0.333. The second kappa shape index (κ2) is 7.92. The van der Waals surface area contributed by atoms with Gasteiger partial charge in [-0.25, -0.2) is 0 Å². The van der Waals surface area contributed by atoms with Crippen molar-refractivity contribution >= 4 is 16.5 Å². The van der Waals surface area contributed by atoms with E-state index in [2.05, 4.69) is 83.9 Å². The molecule has 134 valence electrons. The van der Waals surface area contributed by atoms with Gasteiger partial charge in [-0.2, -0.15) is 0 Å². The first kappa shape index (κ1) is 17.1. The molecule has 0 saturated carbocycles. The molecule has 3 aromatic rings. The molecule has 2 heteroatoms. The third-order valence-corrected chi connectivity index (χ3v) is 5.54. The van der Waals surface area contributed by atoms with Crippen molar-refractivity contribution in [3.8, 4) is 0 Å². The van der Waals surface area contributed by atoms with Crippen LogP contribution in [0.5, 0.6) is 0 Å². The molecule has 1 aliphatic rings. The summed E-state index contributed by atoms with van der Waals surface area (Å²) in [5.74, 6) is 0. The fourth-order valence-electron chi connectivity index (χ4n) is 3.84. The van der Waals surface area contributed by atoms with Crippen LogP contribution in [0.4, 0.5) is 5.69 Å². The Hall–Kier alpha value is -2.32. The Morgan fingerprint density at radius 1 is 0.846 bits per heavy atom. The average molecular weight is 345 g/mol. The summed E-state index contributed by atoms with van der Waals surface area (Å²) in [5.41, 5.74) is 4.06. The zero-order valence-corrected chi connectivity index (χ0v) is 15.6. The molecule has 26 heavy (non-hydrogen) atoms. The molecule has 1 saturated heterocycles. The molecular weight excluding hydrogens is 316 g/mol. The lowest BCUT2D eigenvalue weighted by Crippen LogP contribution is -2.29. The summed E-state index contributed by atoms with van der Waals surface area (Å²) < 4.78 is 0. The number of fused-ring (bicyclic) bond motifs is 1. The number of benzene rings is 3. The molecule has 0 aliphatic carbocycles. The molecule has 1 atom stereocenters. The molecule has 2 nitrogen and oxygen atoms in total. The highest BCUT2D eigenvalue weighted by Crippen LogP contribution is 2.22. The number of hydrogen-bond donors (Lipinski definition) is 1. The molecule has 0 radical (unpaired) electrons. The highest BCUT2D eigenvalue weighted by molar-refractivity contribution is 5.83. The van der Waals surface area contributed by atoms with Crippen molar-refractivity contribution in [1.29, 1.82) is 0 Å². The van der Waals surface area contributed by atoms with Gasteiger partial charge in [-0.1, -0.05) is 48.5 Å². The van der Waals surface area contributed by atoms with Crippen LogP contribution >= 0.6 is 0 Å². The van der Waals surface area contributed by atoms with Crippen molar-refractivity contribution in [2.45, 2.75) is 38.8 Å². The molecule has 0 bridgehead atoms. The van der Waals surface area contributed by atoms with E-state index in [1.165, 1.54) is 59.9 Å². The quantitative estimate of drug-likeness (QED) is 0.640. The lowest BCUT2D eigenvalue weighted by Gasteiger charge is -2.29. The third-order valence-electron chi connectivity index (χ3n) is 5.54. The van der Waals surface area contributed by atoms with E-state index >= 15 is 0 Å². The van der Waals surface area contributed by atoms with Crippen LogP contribution in [0.25, 0.3) is 10.8 Å². The fourth-order valence-corrected chi connectivity index (χ4v) is 3.84. The van der Waals surface area contributed by atoms with Crippen LogP contribution in [0, 0.1) is 0 Å². The predicted molar refractivity (Wildman–Crippen MR) is 112 cm³/mol. The summed E-state index contributed by atoms with van der Waals surface area (Å²) in [7, 11) is 0. The van der Waals surface area contributed by atoms with Gasteiger partial charge >= 0.3 is 0 Å². The summed E-state index contributed by atoms with van der Waals surface area (Å²) in [6.45, 7) is 5.55. The number of nitrogens with zero attached hydrogens (tertiary/aromatic N) is 1. The van der Waals surface area contributed by atoms with Crippen molar-refractivity contribution in [3.05, 3.63) is 77.9 Å². The van der Waals surface area contributed by atoms with E-state index in [0.717, 1.165) is 6.54 Å². The van der Waals surface area contributed by atoms with Crippen LogP contribution in [-0.4, -0.2) is 13.1 Å². The van der Waals surface area contributed by atoms with E-state index in [9.17, 15) is 0 Å². The summed E-state index contributed by atoms with van der Waals surface area (Å²) >= 11 is 0. The molecule has 0 aromatic heterocycles. The maximum atomic E-state index is 3.67. The smallest absolute Gasteiger partial charge is 0.0366 e.